The van der Waals surface area contributed by atoms with Crippen molar-refractivity contribution in [2.75, 3.05) is 12.4 Å². The predicted molar refractivity (Wildman–Crippen MR) is 121 cm³/mol. The van der Waals surface area contributed by atoms with Gasteiger partial charge in [-0.05, 0) is 54.2 Å². The van der Waals surface area contributed by atoms with Gasteiger partial charge in [-0.3, -0.25) is 0 Å². The first-order valence-electron chi connectivity index (χ1n) is 9.45. The van der Waals surface area contributed by atoms with E-state index in [0.717, 1.165) is 17.0 Å². The van der Waals surface area contributed by atoms with Crippen LogP contribution in [-0.4, -0.2) is 33.2 Å². The Morgan fingerprint density at radius 3 is 2.47 bits per heavy atom. The number of hydrazone groups is 1. The number of nitrogens with one attached hydrogen (secondary N) is 1. The Kier molecular flexibility index (Phi) is 5.54. The first kappa shape index (κ1) is 19.7. The van der Waals surface area contributed by atoms with E-state index in [2.05, 4.69) is 5.32 Å². The van der Waals surface area contributed by atoms with Crippen molar-refractivity contribution in [1.29, 1.82) is 0 Å². The van der Waals surface area contributed by atoms with Crippen LogP contribution in [0.25, 0.3) is 0 Å². The number of para-hydroxylation sites is 3. The lowest BCUT2D eigenvalue weighted by molar-refractivity contribution is 0.374. The number of anilines is 1. The van der Waals surface area contributed by atoms with Gasteiger partial charge in [-0.15, -0.1) is 0 Å². The lowest BCUT2D eigenvalue weighted by Crippen LogP contribution is -2.31. The average molecular weight is 420 g/mol. The molecule has 0 aromatic heterocycles. The zero-order chi connectivity index (χ0) is 21.1. The number of phenols is 2. The Balaban J connectivity index is 1.69. The van der Waals surface area contributed by atoms with Gasteiger partial charge in [0.05, 0.1) is 24.6 Å². The van der Waals surface area contributed by atoms with Crippen LogP contribution in [0, 0.1) is 0 Å². The van der Waals surface area contributed by atoms with E-state index in [-0.39, 0.29) is 17.5 Å². The zero-order valence-electron chi connectivity index (χ0n) is 16.3. The molecular weight excluding hydrogens is 398 g/mol. The minimum Gasteiger partial charge on any atom is -0.508 e. The summed E-state index contributed by atoms with van der Waals surface area (Å²) in [5.74, 6) is 1.04. The summed E-state index contributed by atoms with van der Waals surface area (Å²) in [6.45, 7) is 0. The number of benzene rings is 3. The topological polar surface area (TPSA) is 77.3 Å². The summed E-state index contributed by atoms with van der Waals surface area (Å²) in [5, 5.41) is 30.0. The highest BCUT2D eigenvalue weighted by atomic mass is 32.1. The lowest BCUT2D eigenvalue weighted by atomic mass is 9.98. The molecule has 3 aromatic rings. The molecular formula is C23H21N3O3S. The smallest absolute Gasteiger partial charge is 0.194 e. The molecule has 1 aliphatic heterocycles. The van der Waals surface area contributed by atoms with Crippen LogP contribution in [0.3, 0.4) is 0 Å². The molecule has 30 heavy (non-hydrogen) atoms. The van der Waals surface area contributed by atoms with Crippen LogP contribution >= 0.6 is 12.2 Å². The highest BCUT2D eigenvalue weighted by Crippen LogP contribution is 2.36. The second-order valence-electron chi connectivity index (χ2n) is 6.85. The van der Waals surface area contributed by atoms with Crippen LogP contribution in [0.5, 0.6) is 17.2 Å². The van der Waals surface area contributed by atoms with Gasteiger partial charge < -0.3 is 20.3 Å². The fourth-order valence-corrected chi connectivity index (χ4v) is 3.73. The molecule has 7 heteroatoms. The van der Waals surface area contributed by atoms with Crippen molar-refractivity contribution < 1.29 is 14.9 Å². The van der Waals surface area contributed by atoms with E-state index in [0.29, 0.717) is 22.8 Å². The molecule has 6 nitrogen and oxygen atoms in total. The summed E-state index contributed by atoms with van der Waals surface area (Å²) in [5.41, 5.74) is 3.09. The van der Waals surface area contributed by atoms with Crippen molar-refractivity contribution in [3.8, 4) is 17.2 Å². The lowest BCUT2D eigenvalue weighted by Gasteiger charge is -2.25. The van der Waals surface area contributed by atoms with Crippen LogP contribution in [0.15, 0.2) is 77.9 Å². The Labute approximate surface area is 180 Å². The number of phenolic OH excluding ortho intramolecular Hbond substituents is 2. The van der Waals surface area contributed by atoms with Gasteiger partial charge in [-0.25, -0.2) is 5.01 Å². The molecule has 152 valence electrons. The van der Waals surface area contributed by atoms with Crippen LogP contribution in [0.4, 0.5) is 5.69 Å². The normalized spacial score (nSPS) is 15.6. The van der Waals surface area contributed by atoms with Gasteiger partial charge in [0.1, 0.15) is 17.2 Å². The van der Waals surface area contributed by atoms with Crippen molar-refractivity contribution in [1.82, 2.24) is 5.01 Å². The van der Waals surface area contributed by atoms with E-state index >= 15 is 0 Å². The van der Waals surface area contributed by atoms with Gasteiger partial charge in [0.25, 0.3) is 0 Å². The Bertz CT molecular complexity index is 1100. The van der Waals surface area contributed by atoms with E-state index in [4.69, 9.17) is 22.1 Å². The molecule has 3 aromatic carbocycles. The maximum atomic E-state index is 10.3. The molecule has 0 radical (unpaired) electrons. The first-order chi connectivity index (χ1) is 14.6. The molecule has 0 aliphatic carbocycles. The molecule has 0 fully saturated rings. The SMILES string of the molecule is COc1ccccc1NC(=S)N1N=C(c2ccccc2O)C[C@H]1c1ccc(O)cc1. The highest BCUT2D eigenvalue weighted by molar-refractivity contribution is 7.80. The molecule has 1 atom stereocenters. The maximum absolute atomic E-state index is 10.3. The van der Waals surface area contributed by atoms with E-state index in [9.17, 15) is 10.2 Å². The summed E-state index contributed by atoms with van der Waals surface area (Å²) in [6, 6.07) is 21.4. The summed E-state index contributed by atoms with van der Waals surface area (Å²) >= 11 is 5.68. The molecule has 0 bridgehead atoms. The summed E-state index contributed by atoms with van der Waals surface area (Å²) in [4.78, 5) is 0. The van der Waals surface area contributed by atoms with Gasteiger partial charge in [-0.2, -0.15) is 5.10 Å². The summed E-state index contributed by atoms with van der Waals surface area (Å²) < 4.78 is 5.40. The van der Waals surface area contributed by atoms with Gasteiger partial charge in [0.2, 0.25) is 0 Å². The fraction of sp³-hybridized carbons (Fsp3) is 0.130. The molecule has 3 N–H and O–H groups in total. The van der Waals surface area contributed by atoms with E-state index in [1.807, 2.05) is 48.5 Å². The number of nitrogens with zero attached hydrogens (tertiary/aromatic N) is 2. The number of hydrogen-bond acceptors (Lipinski definition) is 5. The first-order valence-corrected chi connectivity index (χ1v) is 9.85. The number of thiocarbonyl (C=S) groups is 1. The number of rotatable bonds is 4. The standard InChI is InChI=1S/C23H21N3O3S/c1-29-22-9-5-3-7-18(22)24-23(30)26-20(15-10-12-16(27)13-11-15)14-19(25-26)17-6-2-4-8-21(17)28/h2-13,20,27-28H,14H2,1H3,(H,24,30)/t20-/m0/s1. The number of hydrogen-bond donors (Lipinski definition) is 3. The van der Waals surface area contributed by atoms with Crippen molar-refractivity contribution in [3.05, 3.63) is 83.9 Å². The largest absolute Gasteiger partial charge is 0.508 e. The molecule has 0 saturated carbocycles. The minimum atomic E-state index is -0.185. The van der Waals surface area contributed by atoms with E-state index in [1.54, 1.807) is 36.4 Å². The fourth-order valence-electron chi connectivity index (χ4n) is 3.45. The van der Waals surface area contributed by atoms with Gasteiger partial charge in [0, 0.05) is 12.0 Å². The quantitative estimate of drug-likeness (QED) is 0.534. The second-order valence-corrected chi connectivity index (χ2v) is 7.24. The van der Waals surface area contributed by atoms with Crippen LogP contribution in [0.1, 0.15) is 23.6 Å². The molecule has 1 aliphatic rings. The number of methoxy groups -OCH3 is 1. The third-order valence-electron chi connectivity index (χ3n) is 4.96. The second kappa shape index (κ2) is 8.42. The van der Waals surface area contributed by atoms with Crippen molar-refractivity contribution in [2.24, 2.45) is 5.10 Å². The van der Waals surface area contributed by atoms with Gasteiger partial charge >= 0.3 is 0 Å². The van der Waals surface area contributed by atoms with E-state index in [1.165, 1.54) is 0 Å². The van der Waals surface area contributed by atoms with Gasteiger partial charge in [-0.1, -0.05) is 36.4 Å². The molecule has 4 rings (SSSR count). The predicted octanol–water partition coefficient (Wildman–Crippen LogP) is 4.65. The molecule has 0 amide bonds. The van der Waals surface area contributed by atoms with Crippen LogP contribution < -0.4 is 10.1 Å². The monoisotopic (exact) mass is 419 g/mol. The van der Waals surface area contributed by atoms with Crippen molar-refractivity contribution in [3.63, 3.8) is 0 Å². The summed E-state index contributed by atoms with van der Waals surface area (Å²) in [6.07, 6.45) is 0.552. The Hall–Kier alpha value is -3.58. The van der Waals surface area contributed by atoms with E-state index < -0.39 is 0 Å². The Morgan fingerprint density at radius 2 is 1.73 bits per heavy atom. The average Bonchev–Trinajstić information content (AvgIpc) is 3.20. The van der Waals surface area contributed by atoms with Crippen molar-refractivity contribution in [2.45, 2.75) is 12.5 Å². The van der Waals surface area contributed by atoms with Gasteiger partial charge in [0.15, 0.2) is 5.11 Å². The Morgan fingerprint density at radius 1 is 1.03 bits per heavy atom. The van der Waals surface area contributed by atoms with Crippen LogP contribution in [0.2, 0.25) is 0 Å². The third-order valence-corrected chi connectivity index (χ3v) is 5.25. The molecule has 0 saturated heterocycles. The third kappa shape index (κ3) is 3.92. The van der Waals surface area contributed by atoms with Crippen molar-refractivity contribution >= 4 is 28.7 Å². The van der Waals surface area contributed by atoms with Crippen LogP contribution in [-0.2, 0) is 0 Å². The minimum absolute atomic E-state index is 0.172. The molecule has 0 spiro atoms. The summed E-state index contributed by atoms with van der Waals surface area (Å²) in [7, 11) is 1.60. The number of aromatic hydroxyl groups is 2. The molecule has 1 heterocycles. The zero-order valence-corrected chi connectivity index (χ0v) is 17.1. The molecule has 0 unspecified atom stereocenters. The highest BCUT2D eigenvalue weighted by Gasteiger charge is 2.32. The number of ether oxygens (including phenoxy) is 1. The maximum Gasteiger partial charge on any atom is 0.194 e.